The zero-order valence-electron chi connectivity index (χ0n) is 15.1. The smallest absolute Gasteiger partial charge is 0.244 e. The van der Waals surface area contributed by atoms with E-state index in [1.165, 1.54) is 0 Å². The van der Waals surface area contributed by atoms with E-state index in [1.807, 2.05) is 55.5 Å². The molecule has 0 aromatic heterocycles. The molecule has 0 saturated carbocycles. The van der Waals surface area contributed by atoms with Crippen molar-refractivity contribution in [2.45, 2.75) is 31.7 Å². The van der Waals surface area contributed by atoms with Gasteiger partial charge in [-0.05, 0) is 62.2 Å². The molecule has 2 N–H and O–H groups in total. The summed E-state index contributed by atoms with van der Waals surface area (Å²) < 4.78 is 11.1. The molecule has 1 unspecified atom stereocenters. The number of para-hydroxylation sites is 2. The largest absolute Gasteiger partial charge is 0.493 e. The van der Waals surface area contributed by atoms with Crippen LogP contribution in [-0.4, -0.2) is 25.1 Å². The second kappa shape index (κ2) is 8.92. The van der Waals surface area contributed by atoms with Crippen molar-refractivity contribution < 1.29 is 14.3 Å². The van der Waals surface area contributed by atoms with Crippen molar-refractivity contribution in [2.24, 2.45) is 0 Å². The van der Waals surface area contributed by atoms with Gasteiger partial charge in [-0.3, -0.25) is 4.79 Å². The van der Waals surface area contributed by atoms with Crippen LogP contribution in [0.5, 0.6) is 17.2 Å². The lowest BCUT2D eigenvalue weighted by atomic mass is 9.93. The van der Waals surface area contributed by atoms with Crippen molar-refractivity contribution in [1.82, 2.24) is 5.32 Å². The molecular weight excluding hydrogens is 352 g/mol. The summed E-state index contributed by atoms with van der Waals surface area (Å²) in [7, 11) is 1.61. The molecule has 1 atom stereocenters. The van der Waals surface area contributed by atoms with Gasteiger partial charge in [0.25, 0.3) is 0 Å². The summed E-state index contributed by atoms with van der Waals surface area (Å²) >= 11 is 0. The summed E-state index contributed by atoms with van der Waals surface area (Å²) in [6, 6.07) is 14.9. The molecular formula is C20H25ClN2O3. The molecule has 1 fully saturated rings. The van der Waals surface area contributed by atoms with E-state index in [-0.39, 0.29) is 18.3 Å². The van der Waals surface area contributed by atoms with Crippen molar-refractivity contribution in [2.75, 3.05) is 19.0 Å². The Morgan fingerprint density at radius 1 is 1.15 bits per heavy atom. The Labute approximate surface area is 160 Å². The van der Waals surface area contributed by atoms with Crippen LogP contribution < -0.4 is 20.1 Å². The van der Waals surface area contributed by atoms with Gasteiger partial charge in [0.1, 0.15) is 5.75 Å². The number of carbonyl (C=O) groups is 1. The van der Waals surface area contributed by atoms with Crippen LogP contribution in [0.25, 0.3) is 0 Å². The molecule has 1 amide bonds. The normalized spacial score (nSPS) is 18.7. The minimum absolute atomic E-state index is 0. The van der Waals surface area contributed by atoms with E-state index < -0.39 is 5.54 Å². The van der Waals surface area contributed by atoms with Gasteiger partial charge in [0.2, 0.25) is 5.91 Å². The average molecular weight is 377 g/mol. The molecule has 1 saturated heterocycles. The summed E-state index contributed by atoms with van der Waals surface area (Å²) in [5.74, 6) is 2.05. The molecule has 5 nitrogen and oxygen atoms in total. The molecule has 0 spiro atoms. The Balaban J connectivity index is 0.00000243. The minimum atomic E-state index is -0.438. The highest BCUT2D eigenvalue weighted by atomic mass is 35.5. The van der Waals surface area contributed by atoms with Crippen LogP contribution in [0.1, 0.15) is 26.2 Å². The summed E-state index contributed by atoms with van der Waals surface area (Å²) in [6.45, 7) is 2.94. The third-order valence-corrected chi connectivity index (χ3v) is 4.69. The Hall–Kier alpha value is -2.24. The van der Waals surface area contributed by atoms with Crippen molar-refractivity contribution in [3.63, 3.8) is 0 Å². The van der Waals surface area contributed by atoms with E-state index >= 15 is 0 Å². The number of hydrogen-bond acceptors (Lipinski definition) is 4. The number of halogens is 1. The van der Waals surface area contributed by atoms with Crippen LogP contribution in [-0.2, 0) is 4.79 Å². The van der Waals surface area contributed by atoms with Gasteiger partial charge in [0, 0.05) is 5.69 Å². The van der Waals surface area contributed by atoms with Gasteiger partial charge in [-0.25, -0.2) is 0 Å². The number of ether oxygens (including phenoxy) is 2. The van der Waals surface area contributed by atoms with Gasteiger partial charge in [0.05, 0.1) is 12.6 Å². The SMILES string of the molecule is CCC1(C(=O)Nc2ccc(Oc3ccccc3OC)cc2)CCCN1.Cl. The third-order valence-electron chi connectivity index (χ3n) is 4.69. The number of carbonyl (C=O) groups excluding carboxylic acids is 1. The summed E-state index contributed by atoms with van der Waals surface area (Å²) in [6.07, 6.45) is 2.70. The van der Waals surface area contributed by atoms with E-state index in [0.717, 1.165) is 31.5 Å². The Kier molecular flexibility index (Phi) is 6.89. The summed E-state index contributed by atoms with van der Waals surface area (Å²) in [5.41, 5.74) is 0.325. The molecule has 0 bridgehead atoms. The topological polar surface area (TPSA) is 59.6 Å². The van der Waals surface area contributed by atoms with Crippen LogP contribution in [0.2, 0.25) is 0 Å². The van der Waals surface area contributed by atoms with Gasteiger partial charge < -0.3 is 20.1 Å². The number of anilines is 1. The monoisotopic (exact) mass is 376 g/mol. The van der Waals surface area contributed by atoms with E-state index in [4.69, 9.17) is 9.47 Å². The van der Waals surface area contributed by atoms with Crippen LogP contribution in [0.15, 0.2) is 48.5 Å². The summed E-state index contributed by atoms with van der Waals surface area (Å²) in [4.78, 5) is 12.6. The fourth-order valence-electron chi connectivity index (χ4n) is 3.15. The first-order valence-corrected chi connectivity index (χ1v) is 8.64. The number of methoxy groups -OCH3 is 1. The van der Waals surface area contributed by atoms with Crippen LogP contribution in [0.4, 0.5) is 5.69 Å². The number of rotatable bonds is 6. The first-order valence-electron chi connectivity index (χ1n) is 8.64. The minimum Gasteiger partial charge on any atom is -0.493 e. The summed E-state index contributed by atoms with van der Waals surface area (Å²) in [5, 5.41) is 6.35. The fraction of sp³-hybridized carbons (Fsp3) is 0.350. The standard InChI is InChI=1S/C20H24N2O3.ClH/c1-3-20(13-6-14-21-20)19(23)22-15-9-11-16(12-10-15)25-18-8-5-4-7-17(18)24-2;/h4-5,7-12,21H,3,6,13-14H2,1-2H3,(H,22,23);1H. The average Bonchev–Trinajstić information content (AvgIpc) is 3.14. The Morgan fingerprint density at radius 3 is 2.42 bits per heavy atom. The number of hydrogen-bond donors (Lipinski definition) is 2. The van der Waals surface area contributed by atoms with Crippen molar-refractivity contribution in [3.05, 3.63) is 48.5 Å². The molecule has 2 aromatic carbocycles. The number of amides is 1. The van der Waals surface area contributed by atoms with Gasteiger partial charge in [0.15, 0.2) is 11.5 Å². The highest BCUT2D eigenvalue weighted by molar-refractivity contribution is 5.98. The lowest BCUT2D eigenvalue weighted by Gasteiger charge is -2.26. The second-order valence-electron chi connectivity index (χ2n) is 6.20. The lowest BCUT2D eigenvalue weighted by molar-refractivity contribution is -0.122. The highest BCUT2D eigenvalue weighted by Crippen LogP contribution is 2.31. The molecule has 1 aliphatic rings. The van der Waals surface area contributed by atoms with E-state index in [9.17, 15) is 4.79 Å². The number of benzene rings is 2. The third kappa shape index (κ3) is 4.29. The maximum atomic E-state index is 12.6. The van der Waals surface area contributed by atoms with Crippen molar-refractivity contribution >= 4 is 24.0 Å². The van der Waals surface area contributed by atoms with Gasteiger partial charge >= 0.3 is 0 Å². The first kappa shape index (κ1) is 20.1. The van der Waals surface area contributed by atoms with E-state index in [1.54, 1.807) is 7.11 Å². The molecule has 140 valence electrons. The predicted octanol–water partition coefficient (Wildman–Crippen LogP) is 4.38. The van der Waals surface area contributed by atoms with E-state index in [2.05, 4.69) is 10.6 Å². The van der Waals surface area contributed by atoms with Crippen LogP contribution in [0, 0.1) is 0 Å². The zero-order valence-corrected chi connectivity index (χ0v) is 15.9. The Bertz CT molecular complexity index is 728. The lowest BCUT2D eigenvalue weighted by Crippen LogP contribution is -2.50. The maximum Gasteiger partial charge on any atom is 0.244 e. The predicted molar refractivity (Wildman–Crippen MR) is 106 cm³/mol. The molecule has 1 heterocycles. The molecule has 6 heteroatoms. The molecule has 1 aliphatic heterocycles. The van der Waals surface area contributed by atoms with Gasteiger partial charge in [-0.2, -0.15) is 0 Å². The molecule has 3 rings (SSSR count). The zero-order chi connectivity index (χ0) is 17.7. The second-order valence-corrected chi connectivity index (χ2v) is 6.20. The molecule has 2 aromatic rings. The number of nitrogens with one attached hydrogen (secondary N) is 2. The van der Waals surface area contributed by atoms with Gasteiger partial charge in [-0.15, -0.1) is 12.4 Å². The van der Waals surface area contributed by atoms with E-state index in [0.29, 0.717) is 17.2 Å². The Morgan fingerprint density at radius 2 is 1.85 bits per heavy atom. The molecule has 0 aliphatic carbocycles. The van der Waals surface area contributed by atoms with Crippen molar-refractivity contribution in [1.29, 1.82) is 0 Å². The quantitative estimate of drug-likeness (QED) is 0.785. The van der Waals surface area contributed by atoms with Gasteiger partial charge in [-0.1, -0.05) is 19.1 Å². The molecule has 26 heavy (non-hydrogen) atoms. The highest BCUT2D eigenvalue weighted by Gasteiger charge is 2.38. The van der Waals surface area contributed by atoms with Crippen LogP contribution in [0.3, 0.4) is 0 Å². The first-order chi connectivity index (χ1) is 12.2. The fourth-order valence-corrected chi connectivity index (χ4v) is 3.15. The maximum absolute atomic E-state index is 12.6. The van der Waals surface area contributed by atoms with Crippen molar-refractivity contribution in [3.8, 4) is 17.2 Å². The van der Waals surface area contributed by atoms with Crippen LogP contribution >= 0.6 is 12.4 Å². The molecule has 0 radical (unpaired) electrons.